The summed E-state index contributed by atoms with van der Waals surface area (Å²) < 4.78 is 28.2. The van der Waals surface area contributed by atoms with Crippen LogP contribution in [-0.2, 0) is 10.0 Å². The lowest BCUT2D eigenvalue weighted by molar-refractivity contribution is 0.280. The minimum absolute atomic E-state index is 0.0150. The number of sulfonamides is 1. The first-order valence-corrected chi connectivity index (χ1v) is 9.41. The topological polar surface area (TPSA) is 46.2 Å². The van der Waals surface area contributed by atoms with Crippen molar-refractivity contribution in [2.75, 3.05) is 0 Å². The lowest BCUT2D eigenvalue weighted by Crippen LogP contribution is -2.39. The molecular weight excluding hydrogens is 302 g/mol. The summed E-state index contributed by atoms with van der Waals surface area (Å²) in [5, 5.41) is 0. The summed E-state index contributed by atoms with van der Waals surface area (Å²) in [7, 11) is -3.41. The summed E-state index contributed by atoms with van der Waals surface area (Å²) in [5.74, 6) is 2.05. The molecule has 0 spiro atoms. The van der Waals surface area contributed by atoms with Crippen LogP contribution in [0.5, 0.6) is 0 Å². The van der Waals surface area contributed by atoms with E-state index in [2.05, 4.69) is 4.72 Å². The van der Waals surface area contributed by atoms with Gasteiger partial charge < -0.3 is 0 Å². The highest BCUT2D eigenvalue weighted by molar-refractivity contribution is 7.91. The minimum Gasteiger partial charge on any atom is -0.207 e. The van der Waals surface area contributed by atoms with Crippen LogP contribution >= 0.6 is 22.9 Å². The van der Waals surface area contributed by atoms with Crippen molar-refractivity contribution >= 4 is 33.0 Å². The fraction of sp³-hybridized carbons (Fsp3) is 0.692. The Balaban J connectivity index is 1.71. The second-order valence-corrected chi connectivity index (χ2v) is 9.46. The third kappa shape index (κ3) is 2.71. The summed E-state index contributed by atoms with van der Waals surface area (Å²) in [5.41, 5.74) is 0. The zero-order valence-corrected chi connectivity index (χ0v) is 13.2. The number of rotatable bonds is 4. The molecule has 0 aromatic carbocycles. The number of fused-ring (bicyclic) bond motifs is 2. The second kappa shape index (κ2) is 5.02. The molecule has 0 radical (unpaired) electrons. The quantitative estimate of drug-likeness (QED) is 0.923. The van der Waals surface area contributed by atoms with Crippen molar-refractivity contribution in [1.82, 2.24) is 4.72 Å². The van der Waals surface area contributed by atoms with E-state index < -0.39 is 10.0 Å². The monoisotopic (exact) mass is 319 g/mol. The van der Waals surface area contributed by atoms with E-state index in [-0.39, 0.29) is 6.04 Å². The summed E-state index contributed by atoms with van der Waals surface area (Å²) in [4.78, 5) is 0. The molecule has 106 valence electrons. The maximum Gasteiger partial charge on any atom is 0.250 e. The SMILES string of the molecule is C[C@@H](NS(=O)(=O)c1ccc(Cl)s1)[C@H]1C[C@H]2CC[C@H]1C2. The van der Waals surface area contributed by atoms with Crippen LogP contribution in [0.1, 0.15) is 32.6 Å². The Morgan fingerprint density at radius 2 is 2.16 bits per heavy atom. The van der Waals surface area contributed by atoms with Crippen molar-refractivity contribution in [2.45, 2.75) is 42.9 Å². The lowest BCUT2D eigenvalue weighted by Gasteiger charge is -2.28. The van der Waals surface area contributed by atoms with Crippen LogP contribution in [0.2, 0.25) is 4.34 Å². The Hall–Kier alpha value is -0.100. The molecule has 1 N–H and O–H groups in total. The van der Waals surface area contributed by atoms with Crippen LogP contribution < -0.4 is 4.72 Å². The third-order valence-electron chi connectivity index (χ3n) is 4.59. The van der Waals surface area contributed by atoms with E-state index >= 15 is 0 Å². The Bertz CT molecular complexity index is 569. The van der Waals surface area contributed by atoms with Gasteiger partial charge in [-0.05, 0) is 56.1 Å². The molecule has 2 bridgehead atoms. The van der Waals surface area contributed by atoms with E-state index in [1.807, 2.05) is 6.92 Å². The maximum absolute atomic E-state index is 12.3. The molecule has 0 unspecified atom stereocenters. The van der Waals surface area contributed by atoms with Gasteiger partial charge in [0.1, 0.15) is 4.21 Å². The molecular formula is C13H18ClNO2S2. The van der Waals surface area contributed by atoms with Crippen molar-refractivity contribution in [3.8, 4) is 0 Å². The van der Waals surface area contributed by atoms with Gasteiger partial charge in [-0.15, -0.1) is 11.3 Å². The molecule has 0 saturated heterocycles. The average molecular weight is 320 g/mol. The molecule has 1 aromatic rings. The van der Waals surface area contributed by atoms with Crippen LogP contribution in [-0.4, -0.2) is 14.5 Å². The van der Waals surface area contributed by atoms with Gasteiger partial charge in [0.25, 0.3) is 0 Å². The van der Waals surface area contributed by atoms with Crippen LogP contribution in [0, 0.1) is 17.8 Å². The molecule has 2 fully saturated rings. The number of hydrogen-bond acceptors (Lipinski definition) is 3. The fourth-order valence-electron chi connectivity index (χ4n) is 3.74. The number of nitrogens with one attached hydrogen (secondary N) is 1. The van der Waals surface area contributed by atoms with Gasteiger partial charge >= 0.3 is 0 Å². The molecule has 1 heterocycles. The van der Waals surface area contributed by atoms with E-state index in [0.29, 0.717) is 14.5 Å². The van der Waals surface area contributed by atoms with Gasteiger partial charge in [0.15, 0.2) is 0 Å². The van der Waals surface area contributed by atoms with Gasteiger partial charge in [0.2, 0.25) is 10.0 Å². The number of halogens is 1. The lowest BCUT2D eigenvalue weighted by atomic mass is 9.84. The van der Waals surface area contributed by atoms with E-state index in [9.17, 15) is 8.42 Å². The van der Waals surface area contributed by atoms with E-state index in [0.717, 1.165) is 23.2 Å². The van der Waals surface area contributed by atoms with Gasteiger partial charge in [-0.25, -0.2) is 13.1 Å². The van der Waals surface area contributed by atoms with Crippen molar-refractivity contribution < 1.29 is 8.42 Å². The van der Waals surface area contributed by atoms with E-state index in [1.165, 1.54) is 25.7 Å². The first kappa shape index (κ1) is 13.9. The van der Waals surface area contributed by atoms with Gasteiger partial charge in [-0.2, -0.15) is 0 Å². The Morgan fingerprint density at radius 1 is 1.37 bits per heavy atom. The van der Waals surface area contributed by atoms with Crippen molar-refractivity contribution in [1.29, 1.82) is 0 Å². The van der Waals surface area contributed by atoms with E-state index in [4.69, 9.17) is 11.6 Å². The molecule has 3 nitrogen and oxygen atoms in total. The smallest absolute Gasteiger partial charge is 0.207 e. The average Bonchev–Trinajstić information content (AvgIpc) is 3.02. The summed E-state index contributed by atoms with van der Waals surface area (Å²) in [6.07, 6.45) is 5.08. The van der Waals surface area contributed by atoms with Crippen LogP contribution in [0.3, 0.4) is 0 Å². The minimum atomic E-state index is -3.41. The normalized spacial score (nSPS) is 31.8. The van der Waals surface area contributed by atoms with Crippen molar-refractivity contribution in [3.05, 3.63) is 16.5 Å². The van der Waals surface area contributed by atoms with E-state index in [1.54, 1.807) is 12.1 Å². The molecule has 2 aliphatic carbocycles. The zero-order valence-electron chi connectivity index (χ0n) is 10.8. The highest BCUT2D eigenvalue weighted by Gasteiger charge is 2.42. The molecule has 4 atom stereocenters. The Kier molecular flexibility index (Phi) is 3.67. The van der Waals surface area contributed by atoms with Crippen LogP contribution in [0.25, 0.3) is 0 Å². The first-order chi connectivity index (χ1) is 8.95. The van der Waals surface area contributed by atoms with Gasteiger partial charge in [0, 0.05) is 6.04 Å². The molecule has 6 heteroatoms. The largest absolute Gasteiger partial charge is 0.250 e. The summed E-state index contributed by atoms with van der Waals surface area (Å²) in [6, 6.07) is 3.22. The predicted molar refractivity (Wildman–Crippen MR) is 78.1 cm³/mol. The van der Waals surface area contributed by atoms with Crippen LogP contribution in [0.4, 0.5) is 0 Å². The predicted octanol–water partition coefficient (Wildman–Crippen LogP) is 3.50. The summed E-state index contributed by atoms with van der Waals surface area (Å²) in [6.45, 7) is 2.00. The van der Waals surface area contributed by atoms with Crippen molar-refractivity contribution in [3.63, 3.8) is 0 Å². The zero-order chi connectivity index (χ0) is 13.6. The second-order valence-electron chi connectivity index (χ2n) is 5.81. The molecule has 0 amide bonds. The Labute approximate surface area is 123 Å². The van der Waals surface area contributed by atoms with Gasteiger partial charge in [-0.1, -0.05) is 18.0 Å². The molecule has 2 aliphatic rings. The third-order valence-corrected chi connectivity index (χ3v) is 7.87. The van der Waals surface area contributed by atoms with Crippen molar-refractivity contribution in [2.24, 2.45) is 17.8 Å². The van der Waals surface area contributed by atoms with Crippen LogP contribution in [0.15, 0.2) is 16.3 Å². The van der Waals surface area contributed by atoms with Gasteiger partial charge in [-0.3, -0.25) is 0 Å². The highest BCUT2D eigenvalue weighted by Crippen LogP contribution is 2.49. The maximum atomic E-state index is 12.3. The van der Waals surface area contributed by atoms with Gasteiger partial charge in [0.05, 0.1) is 4.34 Å². The first-order valence-electron chi connectivity index (χ1n) is 6.73. The molecule has 2 saturated carbocycles. The highest BCUT2D eigenvalue weighted by atomic mass is 35.5. The molecule has 19 heavy (non-hydrogen) atoms. The summed E-state index contributed by atoms with van der Waals surface area (Å²) >= 11 is 6.92. The standard InChI is InChI=1S/C13H18ClNO2S2/c1-8(11-7-9-2-3-10(11)6-9)15-19(16,17)13-5-4-12(14)18-13/h4-5,8-11,15H,2-3,6-7H2,1H3/t8-,9+,10+,11-/m1/s1. The number of thiophene rings is 1. The Morgan fingerprint density at radius 3 is 2.68 bits per heavy atom. The molecule has 3 rings (SSSR count). The fourth-order valence-corrected chi connectivity index (χ4v) is 6.53. The molecule has 1 aromatic heterocycles. The number of hydrogen-bond donors (Lipinski definition) is 1. The molecule has 0 aliphatic heterocycles.